The number of carbonyl (C=O) groups is 1. The van der Waals surface area contributed by atoms with Crippen LogP contribution in [0.3, 0.4) is 0 Å². The molecular weight excluding hydrogens is 214 g/mol. The van der Waals surface area contributed by atoms with Gasteiger partial charge in [-0.1, -0.05) is 29.8 Å². The normalized spacial score (nSPS) is 29.4. The van der Waals surface area contributed by atoms with Crippen molar-refractivity contribution in [3.8, 4) is 0 Å². The molecule has 1 aromatic rings. The number of carboxylic acids is 1. The summed E-state index contributed by atoms with van der Waals surface area (Å²) in [6.45, 7) is 2.07. The number of carboxylic acid groups (broad SMARTS) is 1. The number of aliphatic carboxylic acids is 1. The second-order valence-electron chi connectivity index (χ2n) is 4.90. The molecule has 3 rings (SSSR count). The zero-order valence-corrected chi connectivity index (χ0v) is 9.68. The maximum absolute atomic E-state index is 11.3. The number of anilines is 1. The molecule has 0 radical (unpaired) electrons. The molecule has 0 amide bonds. The molecule has 0 fully saturated rings. The Balaban J connectivity index is 2.09. The van der Waals surface area contributed by atoms with Crippen LogP contribution in [0.4, 0.5) is 5.69 Å². The number of benzene rings is 1. The third kappa shape index (κ3) is 1.54. The highest BCUT2D eigenvalue weighted by Crippen LogP contribution is 2.44. The molecule has 0 saturated heterocycles. The average Bonchev–Trinajstić information content (AvgIpc) is 2.76. The molecular formula is C14H15NO2. The first-order chi connectivity index (χ1) is 8.16. The van der Waals surface area contributed by atoms with Crippen LogP contribution < -0.4 is 5.32 Å². The Morgan fingerprint density at radius 1 is 1.47 bits per heavy atom. The fraction of sp³-hybridized carbons (Fsp3) is 0.357. The Bertz CT molecular complexity index is 507. The van der Waals surface area contributed by atoms with Gasteiger partial charge in [0.05, 0.1) is 0 Å². The first kappa shape index (κ1) is 10.4. The number of hydrogen-bond acceptors (Lipinski definition) is 2. The lowest BCUT2D eigenvalue weighted by atomic mass is 9.79. The maximum atomic E-state index is 11.3. The molecule has 0 aromatic heterocycles. The summed E-state index contributed by atoms with van der Waals surface area (Å²) in [5.41, 5.74) is 3.43. The topological polar surface area (TPSA) is 49.3 Å². The molecule has 2 N–H and O–H groups in total. The second-order valence-corrected chi connectivity index (χ2v) is 4.90. The van der Waals surface area contributed by atoms with E-state index in [2.05, 4.69) is 30.5 Å². The maximum Gasteiger partial charge on any atom is 0.326 e. The van der Waals surface area contributed by atoms with Crippen LogP contribution in [0, 0.1) is 12.8 Å². The first-order valence-corrected chi connectivity index (χ1v) is 5.93. The quantitative estimate of drug-likeness (QED) is 0.727. The Labute approximate surface area is 100 Å². The Morgan fingerprint density at radius 2 is 2.29 bits per heavy atom. The van der Waals surface area contributed by atoms with Crippen LogP contribution >= 0.6 is 0 Å². The van der Waals surface area contributed by atoms with Crippen molar-refractivity contribution in [2.24, 2.45) is 5.92 Å². The third-order valence-corrected chi connectivity index (χ3v) is 3.78. The minimum absolute atomic E-state index is 0.154. The van der Waals surface area contributed by atoms with Crippen molar-refractivity contribution < 1.29 is 9.90 Å². The summed E-state index contributed by atoms with van der Waals surface area (Å²) in [6.07, 6.45) is 5.10. The van der Waals surface area contributed by atoms with Crippen molar-refractivity contribution in [2.45, 2.75) is 25.3 Å². The van der Waals surface area contributed by atoms with Crippen molar-refractivity contribution in [3.63, 3.8) is 0 Å². The van der Waals surface area contributed by atoms with Crippen molar-refractivity contribution in [1.82, 2.24) is 0 Å². The van der Waals surface area contributed by atoms with E-state index in [-0.39, 0.29) is 11.8 Å². The molecule has 0 spiro atoms. The minimum Gasteiger partial charge on any atom is -0.480 e. The SMILES string of the molecule is Cc1ccc2c(c1)[C@H]1C=CC[C@H]1[C@H](C(=O)O)N2. The van der Waals surface area contributed by atoms with Gasteiger partial charge >= 0.3 is 5.97 Å². The molecule has 0 bridgehead atoms. The summed E-state index contributed by atoms with van der Waals surface area (Å²) in [7, 11) is 0. The monoisotopic (exact) mass is 229 g/mol. The number of aryl methyl sites for hydroxylation is 1. The molecule has 3 heteroatoms. The number of fused-ring (bicyclic) bond motifs is 3. The zero-order valence-electron chi connectivity index (χ0n) is 9.68. The summed E-state index contributed by atoms with van der Waals surface area (Å²) in [4.78, 5) is 11.3. The summed E-state index contributed by atoms with van der Waals surface area (Å²) in [5.74, 6) is -0.344. The average molecular weight is 229 g/mol. The van der Waals surface area contributed by atoms with E-state index in [1.807, 2.05) is 12.1 Å². The van der Waals surface area contributed by atoms with E-state index in [0.717, 1.165) is 12.1 Å². The highest BCUT2D eigenvalue weighted by molar-refractivity contribution is 5.80. The minimum atomic E-state index is -0.755. The fourth-order valence-electron chi connectivity index (χ4n) is 2.96. The fourth-order valence-corrected chi connectivity index (χ4v) is 2.96. The Morgan fingerprint density at radius 3 is 3.06 bits per heavy atom. The van der Waals surface area contributed by atoms with Gasteiger partial charge in [0.1, 0.15) is 6.04 Å². The van der Waals surface area contributed by atoms with Gasteiger partial charge in [0.2, 0.25) is 0 Å². The van der Waals surface area contributed by atoms with E-state index in [9.17, 15) is 9.90 Å². The molecule has 1 aliphatic carbocycles. The van der Waals surface area contributed by atoms with Gasteiger partial charge in [0.25, 0.3) is 0 Å². The summed E-state index contributed by atoms with van der Waals surface area (Å²) >= 11 is 0. The van der Waals surface area contributed by atoms with Crippen LogP contribution in [0.1, 0.15) is 23.5 Å². The van der Waals surface area contributed by atoms with E-state index < -0.39 is 12.0 Å². The Kier molecular flexibility index (Phi) is 2.21. The summed E-state index contributed by atoms with van der Waals surface area (Å²) in [5, 5.41) is 12.4. The molecule has 1 aromatic carbocycles. The predicted molar refractivity (Wildman–Crippen MR) is 66.2 cm³/mol. The van der Waals surface area contributed by atoms with Crippen molar-refractivity contribution in [1.29, 1.82) is 0 Å². The number of rotatable bonds is 1. The van der Waals surface area contributed by atoms with Gasteiger partial charge in [0, 0.05) is 17.5 Å². The smallest absolute Gasteiger partial charge is 0.326 e. The standard InChI is InChI=1S/C14H15NO2/c1-8-5-6-12-11(7-8)9-3-2-4-10(9)13(15-12)14(16)17/h2-3,5-7,9-10,13,15H,4H2,1H3,(H,16,17)/t9-,10+,13+/m0/s1. The molecule has 1 heterocycles. The predicted octanol–water partition coefficient (Wildman–Crippen LogP) is 2.53. The van der Waals surface area contributed by atoms with Gasteiger partial charge in [-0.15, -0.1) is 0 Å². The molecule has 3 atom stereocenters. The number of allylic oxidation sites excluding steroid dienone is 2. The molecule has 1 aliphatic heterocycles. The molecule has 2 aliphatic rings. The van der Waals surface area contributed by atoms with Crippen LogP contribution in [-0.2, 0) is 4.79 Å². The largest absolute Gasteiger partial charge is 0.480 e. The van der Waals surface area contributed by atoms with Crippen molar-refractivity contribution in [3.05, 3.63) is 41.5 Å². The van der Waals surface area contributed by atoms with Crippen LogP contribution in [0.25, 0.3) is 0 Å². The van der Waals surface area contributed by atoms with Crippen molar-refractivity contribution >= 4 is 11.7 Å². The van der Waals surface area contributed by atoms with E-state index in [4.69, 9.17) is 0 Å². The van der Waals surface area contributed by atoms with Crippen LogP contribution in [-0.4, -0.2) is 17.1 Å². The van der Waals surface area contributed by atoms with Gasteiger partial charge in [0.15, 0.2) is 0 Å². The molecule has 0 unspecified atom stereocenters. The lowest BCUT2D eigenvalue weighted by Gasteiger charge is -2.34. The lowest BCUT2D eigenvalue weighted by molar-refractivity contribution is -0.139. The highest BCUT2D eigenvalue weighted by atomic mass is 16.4. The van der Waals surface area contributed by atoms with Gasteiger partial charge in [-0.05, 0) is 25.0 Å². The molecule has 17 heavy (non-hydrogen) atoms. The van der Waals surface area contributed by atoms with E-state index >= 15 is 0 Å². The lowest BCUT2D eigenvalue weighted by Crippen LogP contribution is -2.41. The second kappa shape index (κ2) is 3.62. The molecule has 3 nitrogen and oxygen atoms in total. The van der Waals surface area contributed by atoms with Crippen molar-refractivity contribution in [2.75, 3.05) is 5.32 Å². The number of hydrogen-bond donors (Lipinski definition) is 2. The number of nitrogens with one attached hydrogen (secondary N) is 1. The van der Waals surface area contributed by atoms with Gasteiger partial charge in [-0.25, -0.2) is 4.79 Å². The van der Waals surface area contributed by atoms with E-state index in [1.54, 1.807) is 0 Å². The summed E-state index contributed by atoms with van der Waals surface area (Å²) < 4.78 is 0. The van der Waals surface area contributed by atoms with E-state index in [0.29, 0.717) is 0 Å². The summed E-state index contributed by atoms with van der Waals surface area (Å²) in [6, 6.07) is 5.70. The van der Waals surface area contributed by atoms with Crippen LogP contribution in [0.5, 0.6) is 0 Å². The van der Waals surface area contributed by atoms with Crippen LogP contribution in [0.15, 0.2) is 30.4 Å². The zero-order chi connectivity index (χ0) is 12.0. The molecule has 0 saturated carbocycles. The van der Waals surface area contributed by atoms with E-state index in [1.165, 1.54) is 11.1 Å². The highest BCUT2D eigenvalue weighted by Gasteiger charge is 2.40. The molecule has 88 valence electrons. The van der Waals surface area contributed by atoms with Gasteiger partial charge in [-0.3, -0.25) is 0 Å². The van der Waals surface area contributed by atoms with Gasteiger partial charge in [-0.2, -0.15) is 0 Å². The van der Waals surface area contributed by atoms with Crippen LogP contribution in [0.2, 0.25) is 0 Å². The van der Waals surface area contributed by atoms with Gasteiger partial charge < -0.3 is 10.4 Å². The first-order valence-electron chi connectivity index (χ1n) is 5.93. The Hall–Kier alpha value is -1.77. The third-order valence-electron chi connectivity index (χ3n) is 3.78.